The smallest absolute Gasteiger partial charge is 0.255 e. The van der Waals surface area contributed by atoms with E-state index in [9.17, 15) is 21.6 Å². The highest BCUT2D eigenvalue weighted by Crippen LogP contribution is 2.22. The maximum Gasteiger partial charge on any atom is 0.255 e. The lowest BCUT2D eigenvalue weighted by Gasteiger charge is -2.25. The van der Waals surface area contributed by atoms with Crippen LogP contribution in [0.5, 0.6) is 0 Å². The summed E-state index contributed by atoms with van der Waals surface area (Å²) in [6.07, 6.45) is 2.78. The molecule has 1 aliphatic heterocycles. The van der Waals surface area contributed by atoms with Crippen molar-refractivity contribution in [1.82, 2.24) is 4.31 Å². The number of amides is 1. The zero-order valence-corrected chi connectivity index (χ0v) is 19.2. The van der Waals surface area contributed by atoms with Crippen LogP contribution < -0.4 is 10.0 Å². The molecule has 1 fully saturated rings. The van der Waals surface area contributed by atoms with Gasteiger partial charge in [0, 0.05) is 30.0 Å². The number of hydrogen-bond donors (Lipinski definition) is 2. The van der Waals surface area contributed by atoms with Gasteiger partial charge in [-0.3, -0.25) is 9.52 Å². The van der Waals surface area contributed by atoms with Gasteiger partial charge in [-0.15, -0.1) is 0 Å². The SMILES string of the molecule is CC(C)S(=O)(=O)Nc1ccc(C(=O)Nc2ccc(S(=O)(=O)N3CCCCC3)cc2)cc1. The molecule has 2 aromatic carbocycles. The van der Waals surface area contributed by atoms with E-state index >= 15 is 0 Å². The Morgan fingerprint density at radius 2 is 1.39 bits per heavy atom. The van der Waals surface area contributed by atoms with Crippen molar-refractivity contribution in [3.05, 3.63) is 54.1 Å². The molecule has 8 nitrogen and oxygen atoms in total. The van der Waals surface area contributed by atoms with Crippen molar-refractivity contribution in [2.45, 2.75) is 43.3 Å². The van der Waals surface area contributed by atoms with Crippen LogP contribution in [0.25, 0.3) is 0 Å². The summed E-state index contributed by atoms with van der Waals surface area (Å²) >= 11 is 0. The maximum absolute atomic E-state index is 12.7. The molecule has 0 radical (unpaired) electrons. The Hall–Kier alpha value is -2.43. The minimum absolute atomic E-state index is 0.203. The number of piperidine rings is 1. The molecule has 31 heavy (non-hydrogen) atoms. The lowest BCUT2D eigenvalue weighted by molar-refractivity contribution is 0.102. The molecular weight excluding hydrogens is 438 g/mol. The van der Waals surface area contributed by atoms with Gasteiger partial charge in [-0.2, -0.15) is 4.31 Å². The molecule has 168 valence electrons. The van der Waals surface area contributed by atoms with Gasteiger partial charge in [0.25, 0.3) is 5.91 Å². The average Bonchev–Trinajstić information content (AvgIpc) is 2.75. The molecule has 10 heteroatoms. The molecule has 1 saturated heterocycles. The molecule has 2 N–H and O–H groups in total. The summed E-state index contributed by atoms with van der Waals surface area (Å²) in [4.78, 5) is 12.7. The number of carbonyl (C=O) groups is 1. The summed E-state index contributed by atoms with van der Waals surface area (Å²) in [5.74, 6) is -0.384. The van der Waals surface area contributed by atoms with Gasteiger partial charge in [-0.05, 0) is 75.2 Å². The van der Waals surface area contributed by atoms with Gasteiger partial charge in [0.05, 0.1) is 10.1 Å². The monoisotopic (exact) mass is 465 g/mol. The van der Waals surface area contributed by atoms with Gasteiger partial charge in [-0.1, -0.05) is 6.42 Å². The third kappa shape index (κ3) is 5.63. The molecule has 0 unspecified atom stereocenters. The van der Waals surface area contributed by atoms with E-state index in [4.69, 9.17) is 0 Å². The van der Waals surface area contributed by atoms with E-state index in [-0.39, 0.29) is 10.8 Å². The van der Waals surface area contributed by atoms with Crippen molar-refractivity contribution in [1.29, 1.82) is 0 Å². The topological polar surface area (TPSA) is 113 Å². The molecule has 1 heterocycles. The van der Waals surface area contributed by atoms with Crippen molar-refractivity contribution in [2.75, 3.05) is 23.1 Å². The Labute approximate surface area is 183 Å². The van der Waals surface area contributed by atoms with Crippen LogP contribution in [-0.2, 0) is 20.0 Å². The summed E-state index contributed by atoms with van der Waals surface area (Å²) in [5.41, 5.74) is 1.18. The molecule has 0 spiro atoms. The largest absolute Gasteiger partial charge is 0.322 e. The first-order valence-corrected chi connectivity index (χ1v) is 13.1. The lowest BCUT2D eigenvalue weighted by atomic mass is 10.2. The highest BCUT2D eigenvalue weighted by atomic mass is 32.2. The molecule has 0 aliphatic carbocycles. The lowest BCUT2D eigenvalue weighted by Crippen LogP contribution is -2.35. The standard InChI is InChI=1S/C21H27N3O5S2/c1-16(2)30(26,27)23-19-8-6-17(7-9-19)21(25)22-18-10-12-20(13-11-18)31(28,29)24-14-4-3-5-15-24/h6-13,16,23H,3-5,14-15H2,1-2H3,(H,22,25). The Balaban J connectivity index is 1.65. The predicted octanol–water partition coefficient (Wildman–Crippen LogP) is 3.26. The third-order valence-corrected chi connectivity index (χ3v) is 8.77. The van der Waals surface area contributed by atoms with Gasteiger partial charge in [-0.25, -0.2) is 16.8 Å². The number of sulfonamides is 2. The van der Waals surface area contributed by atoms with E-state index in [1.807, 2.05) is 0 Å². The van der Waals surface area contributed by atoms with Gasteiger partial charge in [0.15, 0.2) is 0 Å². The first-order valence-electron chi connectivity index (χ1n) is 10.1. The number of benzene rings is 2. The Morgan fingerprint density at radius 1 is 0.839 bits per heavy atom. The highest BCUT2D eigenvalue weighted by molar-refractivity contribution is 7.93. The quantitative estimate of drug-likeness (QED) is 0.652. The minimum atomic E-state index is -3.52. The zero-order chi connectivity index (χ0) is 22.6. The molecule has 1 amide bonds. The predicted molar refractivity (Wildman–Crippen MR) is 121 cm³/mol. The number of nitrogens with one attached hydrogen (secondary N) is 2. The molecule has 0 bridgehead atoms. The van der Waals surface area contributed by atoms with Gasteiger partial charge < -0.3 is 5.32 Å². The van der Waals surface area contributed by atoms with Crippen LogP contribution in [0.2, 0.25) is 0 Å². The summed E-state index contributed by atoms with van der Waals surface area (Å²) in [5, 5.41) is 2.14. The summed E-state index contributed by atoms with van der Waals surface area (Å²) in [7, 11) is -6.98. The van der Waals surface area contributed by atoms with Gasteiger partial charge >= 0.3 is 0 Å². The van der Waals surface area contributed by atoms with Crippen molar-refractivity contribution < 1.29 is 21.6 Å². The van der Waals surface area contributed by atoms with Crippen molar-refractivity contribution in [3.63, 3.8) is 0 Å². The van der Waals surface area contributed by atoms with E-state index in [2.05, 4.69) is 10.0 Å². The normalized spacial score (nSPS) is 15.6. The van der Waals surface area contributed by atoms with Crippen LogP contribution in [0.15, 0.2) is 53.4 Å². The summed E-state index contributed by atoms with van der Waals surface area (Å²) in [6.45, 7) is 4.22. The van der Waals surface area contributed by atoms with E-state index < -0.39 is 25.3 Å². The second-order valence-electron chi connectivity index (χ2n) is 7.72. The fourth-order valence-corrected chi connectivity index (χ4v) is 5.36. The van der Waals surface area contributed by atoms with Gasteiger partial charge in [0.1, 0.15) is 0 Å². The zero-order valence-electron chi connectivity index (χ0n) is 17.5. The Kier molecular flexibility index (Phi) is 7.03. The van der Waals surface area contributed by atoms with Crippen molar-refractivity contribution >= 4 is 37.3 Å². The molecular formula is C21H27N3O5S2. The maximum atomic E-state index is 12.7. The Morgan fingerprint density at radius 3 is 1.94 bits per heavy atom. The molecule has 3 rings (SSSR count). The minimum Gasteiger partial charge on any atom is -0.322 e. The molecule has 0 atom stereocenters. The second-order valence-corrected chi connectivity index (χ2v) is 11.9. The van der Waals surface area contributed by atoms with Crippen LogP contribution in [0, 0.1) is 0 Å². The molecule has 0 aromatic heterocycles. The van der Waals surface area contributed by atoms with Crippen LogP contribution >= 0.6 is 0 Å². The fraction of sp³-hybridized carbons (Fsp3) is 0.381. The fourth-order valence-electron chi connectivity index (χ4n) is 3.14. The molecule has 2 aromatic rings. The van der Waals surface area contributed by atoms with Crippen molar-refractivity contribution in [3.8, 4) is 0 Å². The average molecular weight is 466 g/mol. The van der Waals surface area contributed by atoms with Gasteiger partial charge in [0.2, 0.25) is 20.0 Å². The number of anilines is 2. The number of hydrogen-bond acceptors (Lipinski definition) is 5. The molecule has 0 saturated carbocycles. The van der Waals surface area contributed by atoms with E-state index in [1.54, 1.807) is 26.0 Å². The van der Waals surface area contributed by atoms with E-state index in [0.29, 0.717) is 30.0 Å². The number of nitrogens with zero attached hydrogens (tertiary/aromatic N) is 1. The number of rotatable bonds is 7. The van der Waals surface area contributed by atoms with E-state index in [0.717, 1.165) is 19.3 Å². The summed E-state index contributed by atoms with van der Waals surface area (Å²) in [6, 6.07) is 12.2. The third-order valence-electron chi connectivity index (χ3n) is 5.09. The van der Waals surface area contributed by atoms with Crippen LogP contribution in [0.1, 0.15) is 43.5 Å². The van der Waals surface area contributed by atoms with Crippen molar-refractivity contribution in [2.24, 2.45) is 0 Å². The first-order chi connectivity index (χ1) is 14.6. The second kappa shape index (κ2) is 9.37. The van der Waals surface area contributed by atoms with Crippen LogP contribution in [0.3, 0.4) is 0 Å². The summed E-state index contributed by atoms with van der Waals surface area (Å²) < 4.78 is 53.2. The first kappa shape index (κ1) is 23.2. The molecule has 1 aliphatic rings. The highest BCUT2D eigenvalue weighted by Gasteiger charge is 2.25. The van der Waals surface area contributed by atoms with E-state index in [1.165, 1.54) is 40.7 Å². The Bertz CT molecular complexity index is 1120. The van der Waals surface area contributed by atoms with Crippen LogP contribution in [-0.4, -0.2) is 45.4 Å². The number of carbonyl (C=O) groups excluding carboxylic acids is 1. The van der Waals surface area contributed by atoms with Crippen LogP contribution in [0.4, 0.5) is 11.4 Å².